The summed E-state index contributed by atoms with van der Waals surface area (Å²) < 4.78 is 4.85. The van der Waals surface area contributed by atoms with Crippen molar-refractivity contribution in [2.75, 3.05) is 0 Å². The molecule has 256 valence electrons. The van der Waals surface area contributed by atoms with Gasteiger partial charge in [0.15, 0.2) is 0 Å². The molecule has 5 aromatic carbocycles. The van der Waals surface area contributed by atoms with Crippen LogP contribution in [0.5, 0.6) is 0 Å². The molecule has 4 heteroatoms. The van der Waals surface area contributed by atoms with Crippen molar-refractivity contribution in [3.05, 3.63) is 174 Å². The number of imidazole rings is 1. The lowest BCUT2D eigenvalue weighted by atomic mass is 9.72. The Balaban J connectivity index is 1.12. The van der Waals surface area contributed by atoms with Crippen LogP contribution in [-0.2, 0) is 11.8 Å². The zero-order chi connectivity index (χ0) is 35.5. The van der Waals surface area contributed by atoms with Crippen LogP contribution in [0.15, 0.2) is 152 Å². The van der Waals surface area contributed by atoms with Gasteiger partial charge < -0.3 is 4.57 Å². The summed E-state index contributed by atoms with van der Waals surface area (Å²) in [5, 5.41) is 1.31. The Kier molecular flexibility index (Phi) is 7.40. The topological polar surface area (TPSA) is 35.6 Å². The highest BCUT2D eigenvalue weighted by Crippen LogP contribution is 2.57. The Morgan fingerprint density at radius 3 is 2.04 bits per heavy atom. The van der Waals surface area contributed by atoms with E-state index in [4.69, 9.17) is 9.97 Å². The molecule has 0 atom stereocenters. The van der Waals surface area contributed by atoms with Crippen molar-refractivity contribution in [1.29, 1.82) is 0 Å². The fourth-order valence-electron chi connectivity index (χ4n) is 9.13. The molecule has 0 amide bonds. The van der Waals surface area contributed by atoms with Gasteiger partial charge in [-0.2, -0.15) is 0 Å². The first-order chi connectivity index (χ1) is 26.2. The van der Waals surface area contributed by atoms with Crippen LogP contribution in [0.25, 0.3) is 73.4 Å². The number of aromatic nitrogens is 4. The Labute approximate surface area is 310 Å². The van der Waals surface area contributed by atoms with Crippen LogP contribution < -0.4 is 0 Å². The molecule has 8 aromatic rings. The third-order valence-electron chi connectivity index (χ3n) is 11.7. The number of pyridine rings is 1. The minimum Gasteiger partial charge on any atom is -0.309 e. The summed E-state index contributed by atoms with van der Waals surface area (Å²) in [6, 6.07) is 50.8. The minimum absolute atomic E-state index is 0.130. The lowest BCUT2D eigenvalue weighted by molar-refractivity contribution is 0.494. The number of para-hydroxylation sites is 2. The van der Waals surface area contributed by atoms with E-state index in [-0.39, 0.29) is 5.41 Å². The van der Waals surface area contributed by atoms with Crippen LogP contribution >= 0.6 is 0 Å². The fourth-order valence-corrected chi connectivity index (χ4v) is 9.13. The van der Waals surface area contributed by atoms with E-state index in [2.05, 4.69) is 169 Å². The van der Waals surface area contributed by atoms with Gasteiger partial charge in [0.25, 0.3) is 0 Å². The molecular formula is C49H40N4. The third kappa shape index (κ3) is 4.82. The fraction of sp³-hybridized carbons (Fsp3) is 0.143. The van der Waals surface area contributed by atoms with Gasteiger partial charge in [0.1, 0.15) is 5.82 Å². The van der Waals surface area contributed by atoms with Crippen molar-refractivity contribution in [3.63, 3.8) is 0 Å². The first-order valence-electron chi connectivity index (χ1n) is 18.9. The van der Waals surface area contributed by atoms with E-state index in [0.717, 1.165) is 59.7 Å². The third-order valence-corrected chi connectivity index (χ3v) is 11.7. The first-order valence-corrected chi connectivity index (χ1v) is 18.9. The number of hydrogen-bond donors (Lipinski definition) is 0. The van der Waals surface area contributed by atoms with Crippen LogP contribution in [0.2, 0.25) is 0 Å². The maximum atomic E-state index is 5.16. The zero-order valence-electron chi connectivity index (χ0n) is 30.1. The van der Waals surface area contributed by atoms with Crippen LogP contribution in [0.1, 0.15) is 55.6 Å². The van der Waals surface area contributed by atoms with E-state index in [1.54, 1.807) is 0 Å². The second-order valence-corrected chi connectivity index (χ2v) is 14.3. The highest BCUT2D eigenvalue weighted by Gasteiger charge is 2.45. The minimum atomic E-state index is -0.130. The summed E-state index contributed by atoms with van der Waals surface area (Å²) in [6.45, 7) is 4.73. The number of benzene rings is 5. The zero-order valence-corrected chi connectivity index (χ0v) is 30.1. The lowest BCUT2D eigenvalue weighted by Gasteiger charge is -2.30. The molecule has 3 heterocycles. The molecule has 2 aliphatic rings. The predicted molar refractivity (Wildman–Crippen MR) is 219 cm³/mol. The normalized spacial score (nSPS) is 13.9. The molecule has 2 aliphatic carbocycles. The molecule has 3 aromatic heterocycles. The van der Waals surface area contributed by atoms with Crippen LogP contribution in [0.4, 0.5) is 0 Å². The molecule has 0 unspecified atom stereocenters. The second kappa shape index (κ2) is 12.5. The lowest BCUT2D eigenvalue weighted by Crippen LogP contribution is -2.23. The average molecular weight is 685 g/mol. The molecule has 0 saturated carbocycles. The summed E-state index contributed by atoms with van der Waals surface area (Å²) in [4.78, 5) is 9.88. The van der Waals surface area contributed by atoms with Crippen molar-refractivity contribution in [2.24, 2.45) is 0 Å². The number of fused-ring (bicyclic) bond motifs is 6. The van der Waals surface area contributed by atoms with Gasteiger partial charge in [-0.3, -0.25) is 9.55 Å². The van der Waals surface area contributed by atoms with Crippen LogP contribution in [-0.4, -0.2) is 19.1 Å². The highest BCUT2D eigenvalue weighted by molar-refractivity contribution is 6.01. The Bertz CT molecular complexity index is 2660. The van der Waals surface area contributed by atoms with Gasteiger partial charge in [0.2, 0.25) is 0 Å². The van der Waals surface area contributed by atoms with Gasteiger partial charge in [-0.15, -0.1) is 0 Å². The molecule has 10 rings (SSSR count). The molecule has 0 N–H and O–H groups in total. The summed E-state index contributed by atoms with van der Waals surface area (Å²) in [5.74, 6) is 0.995. The number of nitrogens with zero attached hydrogens (tertiary/aromatic N) is 4. The molecular weight excluding hydrogens is 645 g/mol. The number of rotatable bonds is 7. The van der Waals surface area contributed by atoms with Crippen molar-refractivity contribution >= 4 is 17.0 Å². The van der Waals surface area contributed by atoms with Crippen molar-refractivity contribution < 1.29 is 0 Å². The summed E-state index contributed by atoms with van der Waals surface area (Å²) in [7, 11) is 0. The molecule has 0 fully saturated rings. The second-order valence-electron chi connectivity index (χ2n) is 14.3. The Morgan fingerprint density at radius 1 is 0.642 bits per heavy atom. The van der Waals surface area contributed by atoms with Gasteiger partial charge >= 0.3 is 0 Å². The largest absolute Gasteiger partial charge is 0.309 e. The van der Waals surface area contributed by atoms with E-state index < -0.39 is 0 Å². The van der Waals surface area contributed by atoms with Gasteiger partial charge in [-0.05, 0) is 109 Å². The van der Waals surface area contributed by atoms with Crippen LogP contribution in [0.3, 0.4) is 0 Å². The smallest absolute Gasteiger partial charge is 0.145 e. The van der Waals surface area contributed by atoms with E-state index in [1.165, 1.54) is 55.8 Å². The highest BCUT2D eigenvalue weighted by atomic mass is 15.1. The SMILES string of the molecule is CCC1(CC)c2cc(-c3ccc(-c4nc5c(n4-c4ccccc4)CCC=C5)cc3)ccc2-c2c1c1cc(-c3ccccn3)ccc1n2-c1ccccc1. The van der Waals surface area contributed by atoms with E-state index in [0.29, 0.717) is 0 Å². The van der Waals surface area contributed by atoms with Crippen molar-refractivity contribution in [3.8, 4) is 56.4 Å². The van der Waals surface area contributed by atoms with Gasteiger partial charge in [-0.25, -0.2) is 4.98 Å². The predicted octanol–water partition coefficient (Wildman–Crippen LogP) is 12.3. The van der Waals surface area contributed by atoms with Gasteiger partial charge in [-0.1, -0.05) is 105 Å². The quantitative estimate of drug-likeness (QED) is 0.167. The molecule has 4 nitrogen and oxygen atoms in total. The monoisotopic (exact) mass is 684 g/mol. The van der Waals surface area contributed by atoms with Crippen molar-refractivity contribution in [2.45, 2.75) is 44.9 Å². The molecule has 53 heavy (non-hydrogen) atoms. The molecule has 0 saturated heterocycles. The summed E-state index contributed by atoms with van der Waals surface area (Å²) in [5.41, 5.74) is 17.0. The molecule has 0 bridgehead atoms. The van der Waals surface area contributed by atoms with E-state index in [9.17, 15) is 0 Å². The molecule has 0 aliphatic heterocycles. The molecule has 0 radical (unpaired) electrons. The van der Waals surface area contributed by atoms with Gasteiger partial charge in [0.05, 0.1) is 28.3 Å². The molecule has 0 spiro atoms. The maximum Gasteiger partial charge on any atom is 0.145 e. The standard InChI is InChI=1S/C49H40N4/c1-3-49(4-2)41-32-35(33-22-24-34(25-23-33)48-51-43-20-11-12-21-45(43)53(48)38-17-9-6-10-18-38)26-28-39(41)47-46(49)40-31-36(42-19-13-14-30-50-42)27-29-44(40)52(47)37-15-7-5-8-16-37/h5-11,13-20,22-32H,3-4,12,21H2,1-2H3. The maximum absolute atomic E-state index is 5.16. The number of hydrogen-bond acceptors (Lipinski definition) is 2. The van der Waals surface area contributed by atoms with Crippen LogP contribution in [0, 0.1) is 0 Å². The number of allylic oxidation sites excluding steroid dienone is 1. The summed E-state index contributed by atoms with van der Waals surface area (Å²) >= 11 is 0. The van der Waals surface area contributed by atoms with Gasteiger partial charge in [0, 0.05) is 45.1 Å². The first kappa shape index (κ1) is 31.5. The summed E-state index contributed by atoms with van der Waals surface area (Å²) in [6.07, 6.45) is 10.3. The van der Waals surface area contributed by atoms with Crippen molar-refractivity contribution in [1.82, 2.24) is 19.1 Å². The Hall–Kier alpha value is -6.26. The Morgan fingerprint density at radius 2 is 1.32 bits per heavy atom. The van der Waals surface area contributed by atoms with E-state index in [1.807, 2.05) is 12.3 Å². The average Bonchev–Trinajstić information content (AvgIpc) is 3.88. The van der Waals surface area contributed by atoms with E-state index >= 15 is 0 Å².